The Kier molecular flexibility index (Phi) is 5.42. The topological polar surface area (TPSA) is 21.3 Å². The second-order valence-electron chi connectivity index (χ2n) is 4.75. The highest BCUT2D eigenvalue weighted by atomic mass is 19.1. The average Bonchev–Trinajstić information content (AvgIpc) is 2.46. The zero-order valence-corrected chi connectivity index (χ0v) is 11.7. The van der Waals surface area contributed by atoms with Crippen molar-refractivity contribution in [1.82, 2.24) is 0 Å². The van der Waals surface area contributed by atoms with Gasteiger partial charge in [0.25, 0.3) is 0 Å². The fraction of sp³-hybridized carbons (Fsp3) is 0.294. The van der Waals surface area contributed by atoms with Crippen molar-refractivity contribution >= 4 is 5.69 Å². The van der Waals surface area contributed by atoms with Crippen LogP contribution >= 0.6 is 0 Å². The van der Waals surface area contributed by atoms with Gasteiger partial charge in [-0.25, -0.2) is 4.39 Å². The summed E-state index contributed by atoms with van der Waals surface area (Å²) in [4.78, 5) is 0. The van der Waals surface area contributed by atoms with Gasteiger partial charge in [0.15, 0.2) is 0 Å². The molecule has 0 spiro atoms. The van der Waals surface area contributed by atoms with Gasteiger partial charge >= 0.3 is 0 Å². The van der Waals surface area contributed by atoms with Gasteiger partial charge < -0.3 is 10.1 Å². The van der Waals surface area contributed by atoms with Crippen molar-refractivity contribution in [2.45, 2.75) is 19.8 Å². The summed E-state index contributed by atoms with van der Waals surface area (Å²) in [6.45, 7) is 3.63. The molecule has 0 aromatic heterocycles. The smallest absolute Gasteiger partial charge is 0.123 e. The van der Waals surface area contributed by atoms with Crippen molar-refractivity contribution in [2.75, 3.05) is 18.5 Å². The van der Waals surface area contributed by atoms with Gasteiger partial charge in [-0.05, 0) is 55.7 Å². The number of hydrogen-bond acceptors (Lipinski definition) is 2. The van der Waals surface area contributed by atoms with E-state index in [2.05, 4.69) is 5.32 Å². The van der Waals surface area contributed by atoms with Crippen LogP contribution in [0.15, 0.2) is 48.5 Å². The van der Waals surface area contributed by atoms with Gasteiger partial charge in [-0.3, -0.25) is 0 Å². The van der Waals surface area contributed by atoms with Gasteiger partial charge in [-0.15, -0.1) is 0 Å². The molecule has 0 aliphatic carbocycles. The molecule has 2 nitrogen and oxygen atoms in total. The van der Waals surface area contributed by atoms with Gasteiger partial charge in [-0.1, -0.05) is 18.2 Å². The molecule has 0 aliphatic rings. The van der Waals surface area contributed by atoms with Gasteiger partial charge in [0, 0.05) is 12.2 Å². The number of halogens is 1. The molecular weight excluding hydrogens is 253 g/mol. The third-order valence-electron chi connectivity index (χ3n) is 3.10. The molecule has 0 aliphatic heterocycles. The molecule has 1 N–H and O–H groups in total. The Labute approximate surface area is 119 Å². The van der Waals surface area contributed by atoms with Crippen molar-refractivity contribution in [3.8, 4) is 5.75 Å². The van der Waals surface area contributed by atoms with Crippen LogP contribution in [0.5, 0.6) is 5.75 Å². The molecule has 0 amide bonds. The van der Waals surface area contributed by atoms with Crippen LogP contribution in [-0.2, 0) is 0 Å². The number of para-hydroxylation sites is 1. The van der Waals surface area contributed by atoms with Crippen molar-refractivity contribution in [1.29, 1.82) is 0 Å². The van der Waals surface area contributed by atoms with E-state index in [1.54, 1.807) is 12.1 Å². The van der Waals surface area contributed by atoms with E-state index in [-0.39, 0.29) is 5.82 Å². The minimum atomic E-state index is -0.206. The summed E-state index contributed by atoms with van der Waals surface area (Å²) in [5.74, 6) is 0.751. The molecule has 0 saturated carbocycles. The van der Waals surface area contributed by atoms with E-state index in [0.29, 0.717) is 0 Å². The van der Waals surface area contributed by atoms with E-state index in [1.165, 1.54) is 12.1 Å². The van der Waals surface area contributed by atoms with Crippen molar-refractivity contribution in [2.24, 2.45) is 0 Å². The first-order valence-corrected chi connectivity index (χ1v) is 6.93. The molecule has 0 unspecified atom stereocenters. The molecule has 0 heterocycles. The molecular formula is C17H20FNO. The number of unbranched alkanes of at least 4 members (excludes halogenated alkanes) is 1. The Morgan fingerprint density at radius 2 is 1.75 bits per heavy atom. The number of benzene rings is 2. The van der Waals surface area contributed by atoms with Gasteiger partial charge in [-0.2, -0.15) is 0 Å². The van der Waals surface area contributed by atoms with Gasteiger partial charge in [0.05, 0.1) is 6.61 Å². The first-order valence-electron chi connectivity index (χ1n) is 6.93. The molecule has 20 heavy (non-hydrogen) atoms. The Hall–Kier alpha value is -2.03. The monoisotopic (exact) mass is 273 g/mol. The van der Waals surface area contributed by atoms with Crippen molar-refractivity contribution in [3.63, 3.8) is 0 Å². The summed E-state index contributed by atoms with van der Waals surface area (Å²) in [6.07, 6.45) is 2.01. The lowest BCUT2D eigenvalue weighted by Crippen LogP contribution is -2.05. The third kappa shape index (κ3) is 4.57. The second kappa shape index (κ2) is 7.53. The normalized spacial score (nSPS) is 10.3. The summed E-state index contributed by atoms with van der Waals surface area (Å²) >= 11 is 0. The minimum absolute atomic E-state index is 0.206. The highest BCUT2D eigenvalue weighted by molar-refractivity contribution is 5.42. The molecule has 0 radical (unpaired) electrons. The Morgan fingerprint density at radius 3 is 2.50 bits per heavy atom. The third-order valence-corrected chi connectivity index (χ3v) is 3.10. The molecule has 0 fully saturated rings. The summed E-state index contributed by atoms with van der Waals surface area (Å²) in [5.41, 5.74) is 2.11. The first kappa shape index (κ1) is 14.4. The second-order valence-corrected chi connectivity index (χ2v) is 4.75. The van der Waals surface area contributed by atoms with E-state index in [4.69, 9.17) is 4.74 Å². The van der Waals surface area contributed by atoms with E-state index in [1.807, 2.05) is 31.2 Å². The predicted molar refractivity (Wildman–Crippen MR) is 80.8 cm³/mol. The molecule has 2 rings (SSSR count). The van der Waals surface area contributed by atoms with Crippen LogP contribution in [0.2, 0.25) is 0 Å². The minimum Gasteiger partial charge on any atom is -0.493 e. The summed E-state index contributed by atoms with van der Waals surface area (Å²) in [5, 5.41) is 3.26. The summed E-state index contributed by atoms with van der Waals surface area (Å²) in [7, 11) is 0. The van der Waals surface area contributed by atoms with Crippen LogP contribution in [0.25, 0.3) is 0 Å². The van der Waals surface area contributed by atoms with Gasteiger partial charge in [0.2, 0.25) is 0 Å². The van der Waals surface area contributed by atoms with Crippen LogP contribution in [0, 0.1) is 12.7 Å². The summed E-state index contributed by atoms with van der Waals surface area (Å²) < 4.78 is 18.5. The molecule has 0 bridgehead atoms. The number of aryl methyl sites for hydroxylation is 1. The summed E-state index contributed by atoms with van der Waals surface area (Å²) in [6, 6.07) is 14.5. The predicted octanol–water partition coefficient (Wildman–Crippen LogP) is 4.41. The highest BCUT2D eigenvalue weighted by Gasteiger charge is 1.97. The van der Waals surface area contributed by atoms with Crippen molar-refractivity contribution in [3.05, 3.63) is 59.9 Å². The standard InChI is InChI=1S/C17H20FNO/c1-14-6-2-3-7-17(14)20-13-5-4-12-19-16-10-8-15(18)9-11-16/h2-3,6-11,19H,4-5,12-13H2,1H3. The highest BCUT2D eigenvalue weighted by Crippen LogP contribution is 2.16. The number of nitrogens with one attached hydrogen (secondary N) is 1. The van der Waals surface area contributed by atoms with E-state index in [0.717, 1.165) is 43.0 Å². The maximum Gasteiger partial charge on any atom is 0.123 e. The number of hydrogen-bond donors (Lipinski definition) is 1. The quantitative estimate of drug-likeness (QED) is 0.755. The molecule has 0 saturated heterocycles. The SMILES string of the molecule is Cc1ccccc1OCCCCNc1ccc(F)cc1. The molecule has 2 aromatic carbocycles. The van der Waals surface area contributed by atoms with E-state index in [9.17, 15) is 4.39 Å². The Morgan fingerprint density at radius 1 is 1.00 bits per heavy atom. The van der Waals surface area contributed by atoms with Crippen LogP contribution < -0.4 is 10.1 Å². The first-order chi connectivity index (χ1) is 9.75. The average molecular weight is 273 g/mol. The Bertz CT molecular complexity index is 525. The zero-order chi connectivity index (χ0) is 14.2. The molecule has 0 atom stereocenters. The lowest BCUT2D eigenvalue weighted by atomic mass is 10.2. The van der Waals surface area contributed by atoms with Crippen LogP contribution in [0.1, 0.15) is 18.4 Å². The number of rotatable bonds is 7. The molecule has 106 valence electrons. The lowest BCUT2D eigenvalue weighted by Gasteiger charge is -2.09. The fourth-order valence-electron chi connectivity index (χ4n) is 1.93. The zero-order valence-electron chi connectivity index (χ0n) is 11.7. The fourth-order valence-corrected chi connectivity index (χ4v) is 1.93. The number of ether oxygens (including phenoxy) is 1. The van der Waals surface area contributed by atoms with Crippen LogP contribution in [-0.4, -0.2) is 13.2 Å². The van der Waals surface area contributed by atoms with Crippen LogP contribution in [0.3, 0.4) is 0 Å². The Balaban J connectivity index is 1.60. The number of anilines is 1. The van der Waals surface area contributed by atoms with Crippen molar-refractivity contribution < 1.29 is 9.13 Å². The van der Waals surface area contributed by atoms with Crippen LogP contribution in [0.4, 0.5) is 10.1 Å². The van der Waals surface area contributed by atoms with E-state index >= 15 is 0 Å². The van der Waals surface area contributed by atoms with Gasteiger partial charge in [0.1, 0.15) is 11.6 Å². The van der Waals surface area contributed by atoms with E-state index < -0.39 is 0 Å². The molecule has 3 heteroatoms. The maximum absolute atomic E-state index is 12.7. The lowest BCUT2D eigenvalue weighted by molar-refractivity contribution is 0.306. The largest absolute Gasteiger partial charge is 0.493 e. The molecule has 2 aromatic rings. The maximum atomic E-state index is 12.7.